The molecule has 4 nitrogen and oxygen atoms in total. The van der Waals surface area contributed by atoms with E-state index in [1.54, 1.807) is 0 Å². The molecule has 0 aromatic heterocycles. The number of thioether (sulfide) groups is 1. The highest BCUT2D eigenvalue weighted by atomic mass is 32.2. The molecule has 0 aromatic rings. The summed E-state index contributed by atoms with van der Waals surface area (Å²) in [5, 5.41) is 11.5. The lowest BCUT2D eigenvalue weighted by molar-refractivity contribution is 0.301. The first-order valence-corrected chi connectivity index (χ1v) is 6.01. The lowest BCUT2D eigenvalue weighted by Gasteiger charge is -2.19. The van der Waals surface area contributed by atoms with Gasteiger partial charge in [0.15, 0.2) is 0 Å². The highest BCUT2D eigenvalue weighted by Gasteiger charge is 2.10. The van der Waals surface area contributed by atoms with Crippen LogP contribution in [0.5, 0.6) is 0 Å². The molecule has 0 rings (SSSR count). The first-order valence-electron chi connectivity index (χ1n) is 4.85. The minimum absolute atomic E-state index is 0.108. The van der Waals surface area contributed by atoms with Crippen LogP contribution in [0.1, 0.15) is 13.8 Å². The van der Waals surface area contributed by atoms with Gasteiger partial charge >= 0.3 is 0 Å². The quantitative estimate of drug-likeness (QED) is 0.221. The molecule has 3 N–H and O–H groups in total. The van der Waals surface area contributed by atoms with Crippen molar-refractivity contribution in [2.24, 2.45) is 16.8 Å². The van der Waals surface area contributed by atoms with E-state index in [2.05, 4.69) is 24.0 Å². The van der Waals surface area contributed by atoms with E-state index in [1.165, 1.54) is 0 Å². The molecule has 84 valence electrons. The summed E-state index contributed by atoms with van der Waals surface area (Å²) in [5.41, 5.74) is 5.49. The molecule has 14 heavy (non-hydrogen) atoms. The van der Waals surface area contributed by atoms with Crippen molar-refractivity contribution < 1.29 is 5.21 Å². The van der Waals surface area contributed by atoms with Crippen LogP contribution < -0.4 is 5.73 Å². The van der Waals surface area contributed by atoms with Crippen LogP contribution in [0, 0.1) is 5.92 Å². The molecule has 1 unspecified atom stereocenters. The molecule has 0 bridgehead atoms. The summed E-state index contributed by atoms with van der Waals surface area (Å²) < 4.78 is 0. The highest BCUT2D eigenvalue weighted by molar-refractivity contribution is 7.99. The average molecular weight is 219 g/mol. The molecule has 0 heterocycles. The van der Waals surface area contributed by atoms with E-state index < -0.39 is 0 Å². The topological polar surface area (TPSA) is 61.8 Å². The van der Waals surface area contributed by atoms with E-state index in [0.29, 0.717) is 5.84 Å². The molecule has 0 saturated carbocycles. The third-order valence-electron chi connectivity index (χ3n) is 2.03. The van der Waals surface area contributed by atoms with Crippen molar-refractivity contribution in [1.82, 2.24) is 4.90 Å². The molecule has 0 radical (unpaired) electrons. The zero-order chi connectivity index (χ0) is 11.0. The van der Waals surface area contributed by atoms with E-state index in [-0.39, 0.29) is 5.92 Å². The van der Waals surface area contributed by atoms with E-state index >= 15 is 0 Å². The maximum atomic E-state index is 8.47. The minimum atomic E-state index is 0.108. The summed E-state index contributed by atoms with van der Waals surface area (Å²) >= 11 is 1.93. The molecule has 0 fully saturated rings. The maximum Gasteiger partial charge on any atom is 0.143 e. The van der Waals surface area contributed by atoms with Crippen LogP contribution in [0.2, 0.25) is 0 Å². The number of hydrogen-bond acceptors (Lipinski definition) is 4. The summed E-state index contributed by atoms with van der Waals surface area (Å²) in [6.07, 6.45) is 0. The van der Waals surface area contributed by atoms with Gasteiger partial charge in [-0.25, -0.2) is 0 Å². The molecule has 0 saturated heterocycles. The van der Waals surface area contributed by atoms with Crippen LogP contribution in [0.4, 0.5) is 0 Å². The summed E-state index contributed by atoms with van der Waals surface area (Å²) in [6, 6.07) is 0. The van der Waals surface area contributed by atoms with Gasteiger partial charge in [0, 0.05) is 24.8 Å². The second-order valence-electron chi connectivity index (χ2n) is 3.39. The predicted octanol–water partition coefficient (Wildman–Crippen LogP) is 1.05. The average Bonchev–Trinajstić information content (AvgIpc) is 2.16. The van der Waals surface area contributed by atoms with Gasteiger partial charge < -0.3 is 15.8 Å². The first kappa shape index (κ1) is 13.6. The molecule has 1 atom stereocenters. The third-order valence-corrected chi connectivity index (χ3v) is 2.91. The molecule has 5 heteroatoms. The summed E-state index contributed by atoms with van der Waals surface area (Å²) in [4.78, 5) is 2.20. The van der Waals surface area contributed by atoms with Crippen molar-refractivity contribution in [2.45, 2.75) is 13.8 Å². The van der Waals surface area contributed by atoms with Crippen molar-refractivity contribution in [3.63, 3.8) is 0 Å². The van der Waals surface area contributed by atoms with Crippen LogP contribution >= 0.6 is 11.8 Å². The standard InChI is InChI=1S/C9H21N3OS/c1-4-14-6-5-12(3)7-8(2)9(10)11-13/h8,13H,4-7H2,1-3H3,(H2,10,11). The van der Waals surface area contributed by atoms with Crippen molar-refractivity contribution in [2.75, 3.05) is 31.6 Å². The molecule has 0 spiro atoms. The molecular formula is C9H21N3OS. The predicted molar refractivity (Wildman–Crippen MR) is 63.1 cm³/mol. The number of hydrogen-bond donors (Lipinski definition) is 2. The number of oxime groups is 1. The molecular weight excluding hydrogens is 198 g/mol. The van der Waals surface area contributed by atoms with E-state index in [0.717, 1.165) is 24.6 Å². The number of nitrogens with two attached hydrogens (primary N) is 1. The molecule has 0 aliphatic heterocycles. The molecule has 0 amide bonds. The summed E-state index contributed by atoms with van der Waals surface area (Å²) in [6.45, 7) is 5.99. The Morgan fingerprint density at radius 2 is 2.29 bits per heavy atom. The minimum Gasteiger partial charge on any atom is -0.409 e. The Morgan fingerprint density at radius 1 is 1.64 bits per heavy atom. The summed E-state index contributed by atoms with van der Waals surface area (Å²) in [7, 11) is 2.05. The number of nitrogens with zero attached hydrogens (tertiary/aromatic N) is 2. The normalized spacial score (nSPS) is 14.7. The number of amidine groups is 1. The largest absolute Gasteiger partial charge is 0.409 e. The maximum absolute atomic E-state index is 8.47. The zero-order valence-electron chi connectivity index (χ0n) is 9.23. The van der Waals surface area contributed by atoms with E-state index in [9.17, 15) is 0 Å². The number of rotatable bonds is 7. The Labute approximate surface area is 90.5 Å². The Kier molecular flexibility index (Phi) is 7.70. The lowest BCUT2D eigenvalue weighted by Crippen LogP contribution is -2.33. The van der Waals surface area contributed by atoms with Crippen LogP contribution in [-0.4, -0.2) is 47.6 Å². The molecule has 0 aromatic carbocycles. The van der Waals surface area contributed by atoms with Gasteiger partial charge in [0.25, 0.3) is 0 Å². The fourth-order valence-electron chi connectivity index (χ4n) is 1.12. The zero-order valence-corrected chi connectivity index (χ0v) is 10.0. The van der Waals surface area contributed by atoms with Crippen molar-refractivity contribution in [3.8, 4) is 0 Å². The second kappa shape index (κ2) is 7.94. The van der Waals surface area contributed by atoms with Crippen molar-refractivity contribution in [1.29, 1.82) is 0 Å². The highest BCUT2D eigenvalue weighted by Crippen LogP contribution is 2.02. The lowest BCUT2D eigenvalue weighted by atomic mass is 10.1. The smallest absolute Gasteiger partial charge is 0.143 e. The van der Waals surface area contributed by atoms with E-state index in [1.807, 2.05) is 18.7 Å². The SMILES string of the molecule is CCSCCN(C)CC(C)C(N)=NO. The van der Waals surface area contributed by atoms with Crippen LogP contribution in [0.25, 0.3) is 0 Å². The van der Waals surface area contributed by atoms with Crippen molar-refractivity contribution in [3.05, 3.63) is 0 Å². The Balaban J connectivity index is 3.65. The van der Waals surface area contributed by atoms with Gasteiger partial charge in [0.2, 0.25) is 0 Å². The van der Waals surface area contributed by atoms with Crippen LogP contribution in [0.3, 0.4) is 0 Å². The molecule has 0 aliphatic carbocycles. The monoisotopic (exact) mass is 219 g/mol. The first-order chi connectivity index (χ1) is 6.61. The van der Waals surface area contributed by atoms with Gasteiger partial charge in [-0.05, 0) is 12.8 Å². The van der Waals surface area contributed by atoms with Gasteiger partial charge in [-0.15, -0.1) is 0 Å². The Bertz CT molecular complexity index is 175. The van der Waals surface area contributed by atoms with Gasteiger partial charge in [0.05, 0.1) is 0 Å². The third kappa shape index (κ3) is 6.10. The fourth-order valence-corrected chi connectivity index (χ4v) is 1.85. The second-order valence-corrected chi connectivity index (χ2v) is 4.78. The van der Waals surface area contributed by atoms with Gasteiger partial charge in [-0.1, -0.05) is 19.0 Å². The van der Waals surface area contributed by atoms with Gasteiger partial charge in [-0.3, -0.25) is 0 Å². The van der Waals surface area contributed by atoms with Crippen molar-refractivity contribution >= 4 is 17.6 Å². The van der Waals surface area contributed by atoms with Crippen LogP contribution in [-0.2, 0) is 0 Å². The Hall–Kier alpha value is -0.420. The molecule has 0 aliphatic rings. The van der Waals surface area contributed by atoms with E-state index in [4.69, 9.17) is 10.9 Å². The Morgan fingerprint density at radius 3 is 2.79 bits per heavy atom. The fraction of sp³-hybridized carbons (Fsp3) is 0.889. The van der Waals surface area contributed by atoms with Crippen LogP contribution in [0.15, 0.2) is 5.16 Å². The van der Waals surface area contributed by atoms with Gasteiger partial charge in [-0.2, -0.15) is 11.8 Å². The summed E-state index contributed by atoms with van der Waals surface area (Å²) in [5.74, 6) is 2.70. The van der Waals surface area contributed by atoms with Gasteiger partial charge in [0.1, 0.15) is 5.84 Å².